The molecule has 1 aliphatic heterocycles. The average Bonchev–Trinajstić information content (AvgIpc) is 2.44. The molecule has 0 radical (unpaired) electrons. The Morgan fingerprint density at radius 2 is 1.95 bits per heavy atom. The maximum atomic E-state index is 12.7. The van der Waals surface area contributed by atoms with Crippen LogP contribution in [0.2, 0.25) is 0 Å². The molecule has 1 aliphatic carbocycles. The first-order chi connectivity index (χ1) is 9.57. The number of methoxy groups -OCH3 is 1. The maximum Gasteiger partial charge on any atom is 0.228 e. The highest BCUT2D eigenvalue weighted by Gasteiger charge is 2.40. The Balaban J connectivity index is 1.94. The summed E-state index contributed by atoms with van der Waals surface area (Å²) in [5.41, 5.74) is -0.313. The number of rotatable bonds is 4. The van der Waals surface area contributed by atoms with E-state index in [1.165, 1.54) is 6.42 Å². The third-order valence-corrected chi connectivity index (χ3v) is 5.40. The zero-order valence-corrected chi connectivity index (χ0v) is 13.2. The zero-order chi connectivity index (χ0) is 14.6. The number of carbonyl (C=O) groups is 1. The third-order valence-electron chi connectivity index (χ3n) is 5.40. The minimum atomic E-state index is -0.313. The molecular weight excluding hydrogens is 252 g/mol. The summed E-state index contributed by atoms with van der Waals surface area (Å²) in [6.45, 7) is 6.99. The van der Waals surface area contributed by atoms with Gasteiger partial charge in [-0.2, -0.15) is 0 Å². The standard InChI is InChI=1S/C16H30N2O2/c1-12-4-5-14(10-13(12)2)18-15(19)16(11-20-3)6-8-17-9-7-16/h12-14,17H,4-11H2,1-3H3,(H,18,19). The van der Waals surface area contributed by atoms with E-state index in [-0.39, 0.29) is 11.3 Å². The topological polar surface area (TPSA) is 50.4 Å². The van der Waals surface area contributed by atoms with Gasteiger partial charge in [-0.25, -0.2) is 0 Å². The van der Waals surface area contributed by atoms with Crippen molar-refractivity contribution in [3.05, 3.63) is 0 Å². The average molecular weight is 282 g/mol. The first kappa shape index (κ1) is 15.8. The quantitative estimate of drug-likeness (QED) is 0.828. The van der Waals surface area contributed by atoms with Gasteiger partial charge < -0.3 is 15.4 Å². The van der Waals surface area contributed by atoms with Gasteiger partial charge in [0.05, 0.1) is 12.0 Å². The van der Waals surface area contributed by atoms with Crippen LogP contribution in [0.25, 0.3) is 0 Å². The van der Waals surface area contributed by atoms with Gasteiger partial charge in [0.2, 0.25) is 5.91 Å². The van der Waals surface area contributed by atoms with Crippen molar-refractivity contribution in [2.24, 2.45) is 17.3 Å². The summed E-state index contributed by atoms with van der Waals surface area (Å²) in [6.07, 6.45) is 5.23. The molecule has 1 saturated carbocycles. The molecule has 4 nitrogen and oxygen atoms in total. The van der Waals surface area contributed by atoms with Crippen LogP contribution in [-0.4, -0.2) is 38.8 Å². The van der Waals surface area contributed by atoms with E-state index in [1.807, 2.05) is 0 Å². The molecule has 0 aromatic carbocycles. The summed E-state index contributed by atoms with van der Waals surface area (Å²) in [5, 5.41) is 6.65. The molecule has 1 amide bonds. The van der Waals surface area contributed by atoms with E-state index in [0.717, 1.165) is 44.7 Å². The van der Waals surface area contributed by atoms with E-state index in [2.05, 4.69) is 24.5 Å². The number of nitrogens with one attached hydrogen (secondary N) is 2. The van der Waals surface area contributed by atoms with Crippen molar-refractivity contribution in [2.75, 3.05) is 26.8 Å². The van der Waals surface area contributed by atoms with Gasteiger partial charge in [-0.1, -0.05) is 13.8 Å². The molecule has 2 rings (SSSR count). The van der Waals surface area contributed by atoms with Crippen molar-refractivity contribution in [1.82, 2.24) is 10.6 Å². The number of piperidine rings is 1. The van der Waals surface area contributed by atoms with Gasteiger partial charge in [0, 0.05) is 13.2 Å². The molecule has 0 spiro atoms. The summed E-state index contributed by atoms with van der Waals surface area (Å²) in [6, 6.07) is 0.359. The minimum Gasteiger partial charge on any atom is -0.384 e. The molecule has 2 fully saturated rings. The van der Waals surface area contributed by atoms with Gasteiger partial charge in [-0.15, -0.1) is 0 Å². The van der Waals surface area contributed by atoms with E-state index in [0.29, 0.717) is 18.6 Å². The minimum absolute atomic E-state index is 0.215. The van der Waals surface area contributed by atoms with E-state index in [4.69, 9.17) is 4.74 Å². The van der Waals surface area contributed by atoms with Gasteiger partial charge in [-0.3, -0.25) is 4.79 Å². The predicted molar refractivity (Wildman–Crippen MR) is 80.5 cm³/mol. The largest absolute Gasteiger partial charge is 0.384 e. The maximum absolute atomic E-state index is 12.7. The lowest BCUT2D eigenvalue weighted by Gasteiger charge is -2.39. The fourth-order valence-corrected chi connectivity index (χ4v) is 3.64. The Bertz CT molecular complexity index is 321. The molecule has 1 heterocycles. The van der Waals surface area contributed by atoms with Gasteiger partial charge in [0.15, 0.2) is 0 Å². The van der Waals surface area contributed by atoms with Gasteiger partial charge in [0.25, 0.3) is 0 Å². The number of carbonyl (C=O) groups excluding carboxylic acids is 1. The Morgan fingerprint density at radius 1 is 1.25 bits per heavy atom. The van der Waals surface area contributed by atoms with Crippen LogP contribution >= 0.6 is 0 Å². The Morgan fingerprint density at radius 3 is 2.55 bits per heavy atom. The molecule has 4 heteroatoms. The lowest BCUT2D eigenvalue weighted by molar-refractivity contribution is -0.137. The fourth-order valence-electron chi connectivity index (χ4n) is 3.64. The second kappa shape index (κ2) is 6.90. The van der Waals surface area contributed by atoms with Crippen LogP contribution in [0, 0.1) is 17.3 Å². The molecular formula is C16H30N2O2. The lowest BCUT2D eigenvalue weighted by atomic mass is 9.76. The summed E-state index contributed by atoms with van der Waals surface area (Å²) in [5.74, 6) is 1.71. The zero-order valence-electron chi connectivity index (χ0n) is 13.2. The second-order valence-corrected chi connectivity index (χ2v) is 6.90. The molecule has 0 aromatic heterocycles. The van der Waals surface area contributed by atoms with E-state index in [9.17, 15) is 4.79 Å². The van der Waals surface area contributed by atoms with Crippen molar-refractivity contribution < 1.29 is 9.53 Å². The van der Waals surface area contributed by atoms with Crippen molar-refractivity contribution in [1.29, 1.82) is 0 Å². The van der Waals surface area contributed by atoms with Crippen LogP contribution in [0.4, 0.5) is 0 Å². The number of hydrogen-bond donors (Lipinski definition) is 2. The molecule has 20 heavy (non-hydrogen) atoms. The molecule has 1 saturated heterocycles. The molecule has 2 N–H and O–H groups in total. The predicted octanol–water partition coefficient (Wildman–Crippen LogP) is 1.94. The summed E-state index contributed by atoms with van der Waals surface area (Å²) in [7, 11) is 1.70. The third kappa shape index (κ3) is 3.53. The van der Waals surface area contributed by atoms with Crippen molar-refractivity contribution >= 4 is 5.91 Å². The second-order valence-electron chi connectivity index (χ2n) is 6.90. The van der Waals surface area contributed by atoms with Gasteiger partial charge in [-0.05, 0) is 57.0 Å². The van der Waals surface area contributed by atoms with Crippen LogP contribution in [-0.2, 0) is 9.53 Å². The van der Waals surface area contributed by atoms with Gasteiger partial charge in [0.1, 0.15) is 0 Å². The van der Waals surface area contributed by atoms with Crippen molar-refractivity contribution in [2.45, 2.75) is 52.0 Å². The highest BCUT2D eigenvalue weighted by atomic mass is 16.5. The van der Waals surface area contributed by atoms with Crippen molar-refractivity contribution in [3.8, 4) is 0 Å². The Hall–Kier alpha value is -0.610. The first-order valence-electron chi connectivity index (χ1n) is 8.08. The summed E-state index contributed by atoms with van der Waals surface area (Å²) < 4.78 is 5.34. The summed E-state index contributed by atoms with van der Waals surface area (Å²) >= 11 is 0. The Labute approximate surface area is 123 Å². The van der Waals surface area contributed by atoms with Crippen LogP contribution in [0.5, 0.6) is 0 Å². The van der Waals surface area contributed by atoms with Crippen LogP contribution < -0.4 is 10.6 Å². The Kier molecular flexibility index (Phi) is 5.44. The van der Waals surface area contributed by atoms with Crippen LogP contribution in [0.3, 0.4) is 0 Å². The number of ether oxygens (including phenoxy) is 1. The monoisotopic (exact) mass is 282 g/mol. The van der Waals surface area contributed by atoms with E-state index >= 15 is 0 Å². The fraction of sp³-hybridized carbons (Fsp3) is 0.938. The van der Waals surface area contributed by atoms with Crippen LogP contribution in [0.15, 0.2) is 0 Å². The highest BCUT2D eigenvalue weighted by Crippen LogP contribution is 2.32. The molecule has 0 aromatic rings. The molecule has 3 atom stereocenters. The molecule has 116 valence electrons. The lowest BCUT2D eigenvalue weighted by Crippen LogP contribution is -2.53. The summed E-state index contributed by atoms with van der Waals surface area (Å²) in [4.78, 5) is 12.7. The van der Waals surface area contributed by atoms with Crippen LogP contribution in [0.1, 0.15) is 46.0 Å². The molecule has 3 unspecified atom stereocenters. The van der Waals surface area contributed by atoms with E-state index in [1.54, 1.807) is 7.11 Å². The highest BCUT2D eigenvalue weighted by molar-refractivity contribution is 5.83. The van der Waals surface area contributed by atoms with Crippen molar-refractivity contribution in [3.63, 3.8) is 0 Å². The van der Waals surface area contributed by atoms with E-state index < -0.39 is 0 Å². The molecule has 0 bridgehead atoms. The number of hydrogen-bond acceptors (Lipinski definition) is 3. The van der Waals surface area contributed by atoms with Gasteiger partial charge >= 0.3 is 0 Å². The smallest absolute Gasteiger partial charge is 0.228 e. The molecule has 2 aliphatic rings. The SMILES string of the molecule is COCC1(C(=O)NC2CCC(C)C(C)C2)CCNCC1. The number of amides is 1. The normalized spacial score (nSPS) is 33.6. The first-order valence-corrected chi connectivity index (χ1v) is 8.08.